The number of nitrogens with zero attached hydrogens (tertiary/aromatic N) is 3. The maximum Gasteiger partial charge on any atom is 0.342 e. The number of imidazole rings is 1. The third-order valence-corrected chi connectivity index (χ3v) is 1.34. The monoisotopic (exact) mass is 155 g/mol. The molecular weight excluding hydrogens is 146 g/mol. The van der Waals surface area contributed by atoms with Gasteiger partial charge in [0, 0.05) is 0 Å². The highest BCUT2D eigenvalue weighted by Gasteiger charge is 2.10. The Bertz CT molecular complexity index is 256. The third-order valence-electron chi connectivity index (χ3n) is 1.34. The van der Waals surface area contributed by atoms with E-state index in [0.717, 1.165) is 6.42 Å². The van der Waals surface area contributed by atoms with Crippen LogP contribution in [0.4, 0.5) is 5.82 Å². The Morgan fingerprint density at radius 1 is 1.82 bits per heavy atom. The van der Waals surface area contributed by atoms with E-state index >= 15 is 0 Å². The van der Waals surface area contributed by atoms with E-state index in [1.165, 1.54) is 17.1 Å². The molecule has 0 radical (unpaired) electrons. The summed E-state index contributed by atoms with van der Waals surface area (Å²) in [5, 5.41) is 10.3. The normalized spacial score (nSPS) is 9.91. The Hall–Kier alpha value is -1.39. The van der Waals surface area contributed by atoms with E-state index in [0.29, 0.717) is 6.54 Å². The minimum Gasteiger partial charge on any atom is -0.358 e. The quantitative estimate of drug-likeness (QED) is 0.486. The molecule has 1 rings (SSSR count). The van der Waals surface area contributed by atoms with Crippen LogP contribution in [0.1, 0.15) is 13.3 Å². The molecule has 5 heteroatoms. The second kappa shape index (κ2) is 3.14. The molecule has 0 fully saturated rings. The van der Waals surface area contributed by atoms with Gasteiger partial charge in [0.05, 0.1) is 6.54 Å². The van der Waals surface area contributed by atoms with Crippen LogP contribution in [0.15, 0.2) is 12.5 Å². The first-order valence-corrected chi connectivity index (χ1v) is 3.40. The molecule has 1 heterocycles. The van der Waals surface area contributed by atoms with Crippen molar-refractivity contribution in [1.29, 1.82) is 0 Å². The maximum absolute atomic E-state index is 10.3. The summed E-state index contributed by atoms with van der Waals surface area (Å²) >= 11 is 0. The maximum atomic E-state index is 10.3. The second-order valence-electron chi connectivity index (χ2n) is 2.20. The van der Waals surface area contributed by atoms with Gasteiger partial charge in [-0.3, -0.25) is 0 Å². The molecule has 60 valence electrons. The Balaban J connectivity index is 2.87. The topological polar surface area (TPSA) is 61.0 Å². The van der Waals surface area contributed by atoms with Crippen molar-refractivity contribution in [2.24, 2.45) is 0 Å². The lowest BCUT2D eigenvalue weighted by Crippen LogP contribution is -2.00. The molecule has 0 aliphatic rings. The number of aromatic nitrogens is 2. The standard InChI is InChI=1S/C6H9N3O2/c1-2-3-8-5-7-4-6(8)9(10)11/h4-5H,2-3H2,1H3. The van der Waals surface area contributed by atoms with Crippen LogP contribution in [0.5, 0.6) is 0 Å². The van der Waals surface area contributed by atoms with E-state index in [2.05, 4.69) is 4.98 Å². The summed E-state index contributed by atoms with van der Waals surface area (Å²) in [5.74, 6) is 0.0619. The van der Waals surface area contributed by atoms with Crippen molar-refractivity contribution < 1.29 is 4.92 Å². The number of hydrogen-bond donors (Lipinski definition) is 0. The minimum atomic E-state index is -0.428. The summed E-state index contributed by atoms with van der Waals surface area (Å²) in [5.41, 5.74) is 0. The third kappa shape index (κ3) is 1.54. The molecular formula is C6H9N3O2. The predicted octanol–water partition coefficient (Wildman–Crippen LogP) is 1.20. The summed E-state index contributed by atoms with van der Waals surface area (Å²) in [7, 11) is 0. The minimum absolute atomic E-state index is 0.0619. The summed E-state index contributed by atoms with van der Waals surface area (Å²) < 4.78 is 1.53. The number of hydrogen-bond acceptors (Lipinski definition) is 3. The fourth-order valence-corrected chi connectivity index (χ4v) is 0.879. The van der Waals surface area contributed by atoms with E-state index in [1.807, 2.05) is 6.92 Å². The molecule has 0 bridgehead atoms. The smallest absolute Gasteiger partial charge is 0.342 e. The molecule has 0 aliphatic carbocycles. The molecule has 0 amide bonds. The second-order valence-corrected chi connectivity index (χ2v) is 2.20. The van der Waals surface area contributed by atoms with Crippen molar-refractivity contribution in [2.45, 2.75) is 19.9 Å². The molecule has 0 spiro atoms. The van der Waals surface area contributed by atoms with Gasteiger partial charge in [-0.15, -0.1) is 0 Å². The lowest BCUT2D eigenvalue weighted by Gasteiger charge is -1.96. The van der Waals surface area contributed by atoms with Crippen LogP contribution in [-0.2, 0) is 6.54 Å². The number of rotatable bonds is 3. The predicted molar refractivity (Wildman–Crippen MR) is 39.2 cm³/mol. The van der Waals surface area contributed by atoms with Gasteiger partial charge in [0.25, 0.3) is 0 Å². The van der Waals surface area contributed by atoms with Crippen molar-refractivity contribution in [1.82, 2.24) is 9.55 Å². The van der Waals surface area contributed by atoms with Crippen molar-refractivity contribution >= 4 is 5.82 Å². The Labute approximate surface area is 63.8 Å². The molecule has 11 heavy (non-hydrogen) atoms. The molecule has 5 nitrogen and oxygen atoms in total. The van der Waals surface area contributed by atoms with Crippen molar-refractivity contribution in [3.05, 3.63) is 22.6 Å². The van der Waals surface area contributed by atoms with Crippen LogP contribution in [0, 0.1) is 10.1 Å². The molecule has 1 aromatic heterocycles. The molecule has 0 aromatic carbocycles. The molecule has 0 saturated heterocycles. The van der Waals surface area contributed by atoms with Gasteiger partial charge in [0.15, 0.2) is 6.33 Å². The van der Waals surface area contributed by atoms with Crippen molar-refractivity contribution in [3.8, 4) is 0 Å². The van der Waals surface area contributed by atoms with Gasteiger partial charge in [-0.1, -0.05) is 6.92 Å². The molecule has 0 N–H and O–H groups in total. The van der Waals surface area contributed by atoms with Gasteiger partial charge in [-0.25, -0.2) is 9.55 Å². The zero-order valence-corrected chi connectivity index (χ0v) is 6.23. The summed E-state index contributed by atoms with van der Waals surface area (Å²) in [6, 6.07) is 0. The zero-order valence-electron chi connectivity index (χ0n) is 6.23. The van der Waals surface area contributed by atoms with Gasteiger partial charge in [-0.05, 0) is 11.3 Å². The fraction of sp³-hybridized carbons (Fsp3) is 0.500. The summed E-state index contributed by atoms with van der Waals surface area (Å²) in [4.78, 5) is 13.6. The van der Waals surface area contributed by atoms with Crippen LogP contribution >= 0.6 is 0 Å². The zero-order chi connectivity index (χ0) is 8.27. The number of aryl methyl sites for hydroxylation is 1. The highest BCUT2D eigenvalue weighted by molar-refractivity contribution is 5.14. The Morgan fingerprint density at radius 2 is 2.55 bits per heavy atom. The van der Waals surface area contributed by atoms with Gasteiger partial charge in [-0.2, -0.15) is 0 Å². The first kappa shape index (κ1) is 7.71. The first-order chi connectivity index (χ1) is 5.25. The average Bonchev–Trinajstić information content (AvgIpc) is 2.36. The Morgan fingerprint density at radius 3 is 3.09 bits per heavy atom. The van der Waals surface area contributed by atoms with E-state index in [9.17, 15) is 10.1 Å². The van der Waals surface area contributed by atoms with E-state index in [4.69, 9.17) is 0 Å². The molecule has 0 atom stereocenters. The van der Waals surface area contributed by atoms with Gasteiger partial charge in [0.2, 0.25) is 0 Å². The Kier molecular flexibility index (Phi) is 2.20. The van der Waals surface area contributed by atoms with Crippen molar-refractivity contribution in [2.75, 3.05) is 0 Å². The van der Waals surface area contributed by atoms with Gasteiger partial charge < -0.3 is 10.1 Å². The summed E-state index contributed by atoms with van der Waals surface area (Å²) in [6.07, 6.45) is 3.61. The lowest BCUT2D eigenvalue weighted by molar-refractivity contribution is -0.392. The van der Waals surface area contributed by atoms with Crippen LogP contribution < -0.4 is 0 Å². The first-order valence-electron chi connectivity index (χ1n) is 3.40. The van der Waals surface area contributed by atoms with Crippen LogP contribution in [0.3, 0.4) is 0 Å². The van der Waals surface area contributed by atoms with Crippen molar-refractivity contribution in [3.63, 3.8) is 0 Å². The molecule has 0 unspecified atom stereocenters. The highest BCUT2D eigenvalue weighted by Crippen LogP contribution is 2.09. The van der Waals surface area contributed by atoms with Gasteiger partial charge in [0.1, 0.15) is 6.20 Å². The van der Waals surface area contributed by atoms with Crippen LogP contribution in [0.25, 0.3) is 0 Å². The molecule has 0 aliphatic heterocycles. The molecule has 1 aromatic rings. The highest BCUT2D eigenvalue weighted by atomic mass is 16.6. The summed E-state index contributed by atoms with van der Waals surface area (Å²) in [6.45, 7) is 2.61. The van der Waals surface area contributed by atoms with E-state index in [-0.39, 0.29) is 5.82 Å². The van der Waals surface area contributed by atoms with E-state index in [1.54, 1.807) is 0 Å². The van der Waals surface area contributed by atoms with E-state index < -0.39 is 4.92 Å². The average molecular weight is 155 g/mol. The van der Waals surface area contributed by atoms with Gasteiger partial charge >= 0.3 is 5.82 Å². The molecule has 0 saturated carbocycles. The fourth-order valence-electron chi connectivity index (χ4n) is 0.879. The van der Waals surface area contributed by atoms with Crippen LogP contribution in [-0.4, -0.2) is 14.5 Å². The lowest BCUT2D eigenvalue weighted by atomic mass is 10.5. The van der Waals surface area contributed by atoms with Crippen LogP contribution in [0.2, 0.25) is 0 Å². The number of nitro groups is 1. The largest absolute Gasteiger partial charge is 0.358 e. The SMILES string of the molecule is CCCn1cncc1[N+](=O)[O-].